The molecule has 0 amide bonds. The molecule has 0 aliphatic heterocycles. The van der Waals surface area contributed by atoms with Gasteiger partial charge in [0.25, 0.3) is 0 Å². The van der Waals surface area contributed by atoms with Crippen molar-refractivity contribution in [2.75, 3.05) is 41.0 Å². The van der Waals surface area contributed by atoms with E-state index in [1.807, 2.05) is 6.07 Å². The molecule has 0 spiro atoms. The molecule has 0 bridgehead atoms. The highest BCUT2D eigenvalue weighted by Gasteiger charge is 2.12. The second-order valence-electron chi connectivity index (χ2n) is 4.31. The molecule has 1 rings (SSSR count). The lowest BCUT2D eigenvalue weighted by molar-refractivity contribution is -0.141. The second kappa shape index (κ2) is 9.46. The molecule has 1 heterocycles. The Morgan fingerprint density at radius 2 is 2.10 bits per heavy atom. The average molecular weight is 286 g/mol. The summed E-state index contributed by atoms with van der Waals surface area (Å²) >= 11 is 0. The maximum Gasteiger partial charge on any atom is 0.306 e. The van der Waals surface area contributed by atoms with Gasteiger partial charge in [-0.05, 0) is 0 Å². The van der Waals surface area contributed by atoms with Crippen LogP contribution in [0.25, 0.3) is 0 Å². The molecule has 0 aliphatic carbocycles. The van der Waals surface area contributed by atoms with Gasteiger partial charge in [0.2, 0.25) is 0 Å². The second-order valence-corrected chi connectivity index (χ2v) is 4.31. The molecule has 114 valence electrons. The van der Waals surface area contributed by atoms with Gasteiger partial charge in [-0.1, -0.05) is 5.16 Å². The summed E-state index contributed by atoms with van der Waals surface area (Å²) in [6.45, 7) is 2.87. The van der Waals surface area contributed by atoms with Crippen LogP contribution in [0.4, 0.5) is 0 Å². The van der Waals surface area contributed by atoms with E-state index in [9.17, 15) is 4.79 Å². The highest BCUT2D eigenvalue weighted by Crippen LogP contribution is 2.08. The number of nitrogens with zero attached hydrogens (tertiary/aromatic N) is 2. The first-order chi connectivity index (χ1) is 9.69. The lowest BCUT2D eigenvalue weighted by Crippen LogP contribution is -2.29. The average Bonchev–Trinajstić information content (AvgIpc) is 2.89. The quantitative estimate of drug-likeness (QED) is 0.590. The minimum absolute atomic E-state index is 0.229. The summed E-state index contributed by atoms with van der Waals surface area (Å²) < 4.78 is 19.8. The number of aromatic nitrogens is 1. The number of rotatable bonds is 10. The predicted octanol–water partition coefficient (Wildman–Crippen LogP) is 0.832. The molecule has 7 nitrogen and oxygen atoms in total. The Hall–Kier alpha value is -1.44. The molecule has 0 atom stereocenters. The highest BCUT2D eigenvalue weighted by atomic mass is 16.5. The van der Waals surface area contributed by atoms with Crippen LogP contribution in [0.3, 0.4) is 0 Å². The minimum atomic E-state index is -0.229. The Labute approximate surface area is 118 Å². The van der Waals surface area contributed by atoms with Crippen LogP contribution in [0, 0.1) is 0 Å². The SMILES string of the molecule is COCCN(CCC(=O)OC)Cc1cc(COC)on1. The van der Waals surface area contributed by atoms with Crippen molar-refractivity contribution in [1.82, 2.24) is 10.1 Å². The summed E-state index contributed by atoms with van der Waals surface area (Å²) in [5.41, 5.74) is 0.804. The van der Waals surface area contributed by atoms with Crippen LogP contribution < -0.4 is 0 Å². The van der Waals surface area contributed by atoms with Gasteiger partial charge in [-0.2, -0.15) is 0 Å². The molecule has 1 aromatic heterocycles. The van der Waals surface area contributed by atoms with Gasteiger partial charge in [0.1, 0.15) is 6.61 Å². The summed E-state index contributed by atoms with van der Waals surface area (Å²) in [5.74, 6) is 0.454. The number of carbonyl (C=O) groups is 1. The first-order valence-corrected chi connectivity index (χ1v) is 6.41. The number of carbonyl (C=O) groups excluding carboxylic acids is 1. The molecule has 0 unspecified atom stereocenters. The Kier molecular flexibility index (Phi) is 7.86. The van der Waals surface area contributed by atoms with Gasteiger partial charge in [0.05, 0.1) is 25.8 Å². The van der Waals surface area contributed by atoms with Crippen LogP contribution in [0.2, 0.25) is 0 Å². The molecule has 0 N–H and O–H groups in total. The fourth-order valence-corrected chi connectivity index (χ4v) is 1.71. The van der Waals surface area contributed by atoms with Crippen LogP contribution in [0.15, 0.2) is 10.6 Å². The fourth-order valence-electron chi connectivity index (χ4n) is 1.71. The van der Waals surface area contributed by atoms with Crippen molar-refractivity contribution >= 4 is 5.97 Å². The number of hydrogen-bond donors (Lipinski definition) is 0. The largest absolute Gasteiger partial charge is 0.469 e. The van der Waals surface area contributed by atoms with Crippen molar-refractivity contribution in [2.45, 2.75) is 19.6 Å². The third-order valence-electron chi connectivity index (χ3n) is 2.75. The molecule has 20 heavy (non-hydrogen) atoms. The maximum absolute atomic E-state index is 11.2. The van der Waals surface area contributed by atoms with Gasteiger partial charge >= 0.3 is 5.97 Å². The van der Waals surface area contributed by atoms with E-state index in [4.69, 9.17) is 14.0 Å². The fraction of sp³-hybridized carbons (Fsp3) is 0.692. The Bertz CT molecular complexity index is 394. The molecule has 0 saturated carbocycles. The summed E-state index contributed by atoms with van der Waals surface area (Å²) in [5, 5.41) is 3.98. The van der Waals surface area contributed by atoms with E-state index in [2.05, 4.69) is 14.8 Å². The van der Waals surface area contributed by atoms with Crippen molar-refractivity contribution in [2.24, 2.45) is 0 Å². The van der Waals surface area contributed by atoms with E-state index in [1.54, 1.807) is 14.2 Å². The van der Waals surface area contributed by atoms with Crippen LogP contribution in [0.1, 0.15) is 17.9 Å². The van der Waals surface area contributed by atoms with Gasteiger partial charge in [0, 0.05) is 39.9 Å². The first-order valence-electron chi connectivity index (χ1n) is 6.41. The Morgan fingerprint density at radius 1 is 1.30 bits per heavy atom. The molecule has 0 saturated heterocycles. The maximum atomic E-state index is 11.2. The van der Waals surface area contributed by atoms with Gasteiger partial charge < -0.3 is 18.7 Å². The standard InChI is InChI=1S/C13H22N2O5/c1-17-7-6-15(5-4-13(16)19-3)9-11-8-12(10-18-2)20-14-11/h8H,4-7,9-10H2,1-3H3. The minimum Gasteiger partial charge on any atom is -0.469 e. The number of hydrogen-bond acceptors (Lipinski definition) is 7. The topological polar surface area (TPSA) is 74.0 Å². The third kappa shape index (κ3) is 6.14. The van der Waals surface area contributed by atoms with Gasteiger partial charge in [0.15, 0.2) is 5.76 Å². The Morgan fingerprint density at radius 3 is 2.75 bits per heavy atom. The number of methoxy groups -OCH3 is 3. The molecule has 1 aromatic rings. The van der Waals surface area contributed by atoms with Gasteiger partial charge in [-0.15, -0.1) is 0 Å². The van der Waals surface area contributed by atoms with Gasteiger partial charge in [-0.3, -0.25) is 9.69 Å². The smallest absolute Gasteiger partial charge is 0.306 e. The molecule has 0 aromatic carbocycles. The third-order valence-corrected chi connectivity index (χ3v) is 2.75. The van der Waals surface area contributed by atoms with E-state index in [0.717, 1.165) is 5.69 Å². The van der Waals surface area contributed by atoms with E-state index in [0.29, 0.717) is 45.0 Å². The van der Waals surface area contributed by atoms with Crippen molar-refractivity contribution < 1.29 is 23.5 Å². The van der Waals surface area contributed by atoms with Crippen LogP contribution in [0.5, 0.6) is 0 Å². The van der Waals surface area contributed by atoms with Crippen molar-refractivity contribution in [1.29, 1.82) is 0 Å². The zero-order valence-electron chi connectivity index (χ0n) is 12.3. The number of esters is 1. The van der Waals surface area contributed by atoms with E-state index in [-0.39, 0.29) is 5.97 Å². The van der Waals surface area contributed by atoms with E-state index in [1.165, 1.54) is 7.11 Å². The predicted molar refractivity (Wildman–Crippen MR) is 71.0 cm³/mol. The lowest BCUT2D eigenvalue weighted by Gasteiger charge is -2.19. The molecule has 7 heteroatoms. The lowest BCUT2D eigenvalue weighted by atomic mass is 10.3. The van der Waals surface area contributed by atoms with Crippen LogP contribution >= 0.6 is 0 Å². The zero-order valence-corrected chi connectivity index (χ0v) is 12.3. The van der Waals surface area contributed by atoms with E-state index < -0.39 is 0 Å². The van der Waals surface area contributed by atoms with Crippen LogP contribution in [-0.2, 0) is 32.2 Å². The molecular weight excluding hydrogens is 264 g/mol. The van der Waals surface area contributed by atoms with E-state index >= 15 is 0 Å². The molecule has 0 radical (unpaired) electrons. The summed E-state index contributed by atoms with van der Waals surface area (Å²) in [6, 6.07) is 1.85. The Balaban J connectivity index is 2.50. The summed E-state index contributed by atoms with van der Waals surface area (Å²) in [6.07, 6.45) is 0.336. The molecule has 0 fully saturated rings. The zero-order chi connectivity index (χ0) is 14.8. The molecule has 0 aliphatic rings. The van der Waals surface area contributed by atoms with Crippen LogP contribution in [-0.4, -0.2) is 57.1 Å². The normalized spacial score (nSPS) is 11.0. The van der Waals surface area contributed by atoms with Gasteiger partial charge in [-0.25, -0.2) is 0 Å². The summed E-state index contributed by atoms with van der Waals surface area (Å²) in [7, 11) is 4.63. The first kappa shape index (κ1) is 16.6. The van der Waals surface area contributed by atoms with Crippen molar-refractivity contribution in [3.8, 4) is 0 Å². The van der Waals surface area contributed by atoms with Crippen molar-refractivity contribution in [3.05, 3.63) is 17.5 Å². The number of ether oxygens (including phenoxy) is 3. The highest BCUT2D eigenvalue weighted by molar-refractivity contribution is 5.69. The monoisotopic (exact) mass is 286 g/mol. The van der Waals surface area contributed by atoms with Crippen molar-refractivity contribution in [3.63, 3.8) is 0 Å². The molecular formula is C13H22N2O5. The summed E-state index contributed by atoms with van der Waals surface area (Å²) in [4.78, 5) is 13.3.